The molecule has 3 atom stereocenters. The van der Waals surface area contributed by atoms with Crippen molar-refractivity contribution in [2.24, 2.45) is 11.8 Å². The lowest BCUT2D eigenvalue weighted by molar-refractivity contribution is -0.171. The van der Waals surface area contributed by atoms with Gasteiger partial charge >= 0.3 is 6.18 Å². The quantitative estimate of drug-likeness (QED) is 0.311. The Labute approximate surface area is 282 Å². The monoisotopic (exact) mass is 680 g/mol. The Morgan fingerprint density at radius 2 is 1.78 bits per heavy atom. The van der Waals surface area contributed by atoms with Crippen molar-refractivity contribution in [3.05, 3.63) is 77.2 Å². The van der Waals surface area contributed by atoms with Gasteiger partial charge in [-0.3, -0.25) is 14.4 Å². The highest BCUT2D eigenvalue weighted by Crippen LogP contribution is 2.37. The molecule has 3 fully saturated rings. The highest BCUT2D eigenvalue weighted by molar-refractivity contribution is 5.97. The van der Waals surface area contributed by atoms with Crippen molar-refractivity contribution in [2.75, 3.05) is 51.2 Å². The van der Waals surface area contributed by atoms with E-state index >= 15 is 0 Å². The van der Waals surface area contributed by atoms with Crippen molar-refractivity contribution in [3.63, 3.8) is 0 Å². The van der Waals surface area contributed by atoms with E-state index in [0.717, 1.165) is 60.7 Å². The molecule has 1 saturated carbocycles. The summed E-state index contributed by atoms with van der Waals surface area (Å²) in [6, 6.07) is 10.9. The van der Waals surface area contributed by atoms with E-state index in [9.17, 15) is 31.9 Å². The van der Waals surface area contributed by atoms with Gasteiger partial charge in [0.1, 0.15) is 17.6 Å². The number of fused-ring (bicyclic) bond motifs is 1. The Morgan fingerprint density at radius 3 is 2.49 bits per heavy atom. The predicted octanol–water partition coefficient (Wildman–Crippen LogP) is 4.94. The highest BCUT2D eigenvalue weighted by Gasteiger charge is 2.51. The average Bonchev–Trinajstić information content (AvgIpc) is 3.79. The Morgan fingerprint density at radius 1 is 1.02 bits per heavy atom. The number of pyridine rings is 1. The SMILES string of the molecule is C[C@H](NC(=O)[C@@H]1C[C@@H](C(F)(F)F)CN1C(=O)CNC(=O)c1ccc2cc(F)ccc2n1)c1ccc(N2CCN(C)CC2)cc1/C=C/C1CC1. The number of anilines is 1. The van der Waals surface area contributed by atoms with E-state index in [1.165, 1.54) is 30.3 Å². The van der Waals surface area contributed by atoms with Crippen LogP contribution in [-0.4, -0.2) is 91.0 Å². The van der Waals surface area contributed by atoms with Crippen molar-refractivity contribution >= 4 is 40.4 Å². The fourth-order valence-corrected chi connectivity index (χ4v) is 6.45. The number of benzene rings is 2. The van der Waals surface area contributed by atoms with Crippen LogP contribution in [-0.2, 0) is 9.59 Å². The molecule has 6 rings (SSSR count). The minimum absolute atomic E-state index is 0.0465. The average molecular weight is 681 g/mol. The number of piperazine rings is 1. The number of alkyl halides is 3. The van der Waals surface area contributed by atoms with E-state index in [4.69, 9.17) is 0 Å². The van der Waals surface area contributed by atoms with Gasteiger partial charge in [-0.1, -0.05) is 24.3 Å². The maximum atomic E-state index is 13.9. The van der Waals surface area contributed by atoms with Gasteiger partial charge in [0.15, 0.2) is 0 Å². The van der Waals surface area contributed by atoms with Crippen molar-refractivity contribution < 1.29 is 31.9 Å². The first kappa shape index (κ1) is 34.3. The van der Waals surface area contributed by atoms with Gasteiger partial charge in [0, 0.05) is 43.8 Å². The van der Waals surface area contributed by atoms with Crippen LogP contribution < -0.4 is 15.5 Å². The van der Waals surface area contributed by atoms with Gasteiger partial charge in [0.25, 0.3) is 5.91 Å². The summed E-state index contributed by atoms with van der Waals surface area (Å²) < 4.78 is 55.2. The Kier molecular flexibility index (Phi) is 9.91. The molecular formula is C36H40F4N6O3. The molecule has 2 saturated heterocycles. The predicted molar refractivity (Wildman–Crippen MR) is 178 cm³/mol. The molecule has 0 radical (unpaired) electrons. The van der Waals surface area contributed by atoms with E-state index in [0.29, 0.717) is 16.8 Å². The van der Waals surface area contributed by atoms with E-state index in [-0.39, 0.29) is 5.69 Å². The molecule has 3 amide bonds. The molecule has 49 heavy (non-hydrogen) atoms. The first-order valence-electron chi connectivity index (χ1n) is 16.6. The number of nitrogens with one attached hydrogen (secondary N) is 2. The van der Waals surface area contributed by atoms with Gasteiger partial charge in [-0.15, -0.1) is 0 Å². The van der Waals surface area contributed by atoms with Gasteiger partial charge < -0.3 is 25.3 Å². The van der Waals surface area contributed by atoms with Crippen LogP contribution >= 0.6 is 0 Å². The molecule has 1 aromatic heterocycles. The summed E-state index contributed by atoms with van der Waals surface area (Å²) in [6.45, 7) is 4.13. The lowest BCUT2D eigenvalue weighted by Gasteiger charge is -2.34. The van der Waals surface area contributed by atoms with Crippen molar-refractivity contribution in [1.29, 1.82) is 0 Å². The molecule has 260 valence electrons. The largest absolute Gasteiger partial charge is 0.393 e. The van der Waals surface area contributed by atoms with Gasteiger partial charge in [-0.25, -0.2) is 9.37 Å². The third-order valence-electron chi connectivity index (χ3n) is 9.61. The number of carbonyl (C=O) groups is 3. The van der Waals surface area contributed by atoms with E-state index in [1.54, 1.807) is 6.92 Å². The number of halogens is 4. The third kappa shape index (κ3) is 8.21. The minimum atomic E-state index is -4.61. The van der Waals surface area contributed by atoms with Crippen molar-refractivity contribution in [3.8, 4) is 0 Å². The zero-order valence-corrected chi connectivity index (χ0v) is 27.5. The molecule has 3 aliphatic rings. The third-order valence-corrected chi connectivity index (χ3v) is 9.61. The van der Waals surface area contributed by atoms with Crippen molar-refractivity contribution in [1.82, 2.24) is 25.4 Å². The van der Waals surface area contributed by atoms with E-state index in [2.05, 4.69) is 50.7 Å². The van der Waals surface area contributed by atoms with Crippen LogP contribution in [0.2, 0.25) is 0 Å². The zero-order valence-electron chi connectivity index (χ0n) is 27.5. The summed E-state index contributed by atoms with van der Waals surface area (Å²) in [6.07, 6.45) is 1.28. The molecule has 2 N–H and O–H groups in total. The number of amides is 3. The van der Waals surface area contributed by atoms with Gasteiger partial charge in [-0.05, 0) is 86.7 Å². The molecule has 2 aromatic carbocycles. The number of hydrogen-bond acceptors (Lipinski definition) is 6. The Hall–Kier alpha value is -4.52. The lowest BCUT2D eigenvalue weighted by Crippen LogP contribution is -2.49. The highest BCUT2D eigenvalue weighted by atomic mass is 19.4. The normalized spacial score (nSPS) is 20.9. The fourth-order valence-electron chi connectivity index (χ4n) is 6.45. The van der Waals surface area contributed by atoms with Gasteiger partial charge in [0.05, 0.1) is 24.0 Å². The second kappa shape index (κ2) is 14.1. The van der Waals surface area contributed by atoms with E-state index < -0.39 is 67.2 Å². The van der Waals surface area contributed by atoms with Crippen LogP contribution in [0.4, 0.5) is 23.2 Å². The summed E-state index contributed by atoms with van der Waals surface area (Å²) >= 11 is 0. The lowest BCUT2D eigenvalue weighted by atomic mass is 9.98. The molecule has 13 heteroatoms. The number of carbonyl (C=O) groups excluding carboxylic acids is 3. The number of allylic oxidation sites excluding steroid dienone is 1. The van der Waals surface area contributed by atoms with Crippen LogP contribution in [0.15, 0.2) is 54.6 Å². The number of hydrogen-bond donors (Lipinski definition) is 2. The van der Waals surface area contributed by atoms with Crippen LogP contribution in [0.1, 0.15) is 53.8 Å². The molecule has 3 aromatic rings. The van der Waals surface area contributed by atoms with Crippen molar-refractivity contribution in [2.45, 2.75) is 44.4 Å². The second-order valence-corrected chi connectivity index (χ2v) is 13.3. The molecule has 0 bridgehead atoms. The summed E-state index contributed by atoms with van der Waals surface area (Å²) in [5.41, 5.74) is 3.14. The number of likely N-dealkylation sites (tertiary alicyclic amines) is 1. The molecular weight excluding hydrogens is 640 g/mol. The van der Waals surface area contributed by atoms with Crippen LogP contribution in [0.3, 0.4) is 0 Å². The first-order chi connectivity index (χ1) is 23.4. The number of nitrogens with zero attached hydrogens (tertiary/aromatic N) is 4. The second-order valence-electron chi connectivity index (χ2n) is 13.3. The molecule has 9 nitrogen and oxygen atoms in total. The minimum Gasteiger partial charge on any atom is -0.369 e. The topological polar surface area (TPSA) is 97.9 Å². The van der Waals surface area contributed by atoms with Gasteiger partial charge in [-0.2, -0.15) is 13.2 Å². The van der Waals surface area contributed by atoms with Crippen LogP contribution in [0, 0.1) is 17.7 Å². The smallest absolute Gasteiger partial charge is 0.369 e. The first-order valence-corrected chi connectivity index (χ1v) is 16.6. The summed E-state index contributed by atoms with van der Waals surface area (Å²) in [4.78, 5) is 49.4. The Bertz CT molecular complexity index is 1750. The summed E-state index contributed by atoms with van der Waals surface area (Å²) in [5.74, 6) is -4.07. The van der Waals surface area contributed by atoms with E-state index in [1.807, 2.05) is 12.1 Å². The maximum absolute atomic E-state index is 13.9. The number of rotatable bonds is 9. The molecule has 0 unspecified atom stereocenters. The molecule has 0 spiro atoms. The Balaban J connectivity index is 1.15. The molecule has 3 heterocycles. The fraction of sp³-hybridized carbons (Fsp3) is 0.444. The zero-order chi connectivity index (χ0) is 34.9. The number of aromatic nitrogens is 1. The molecule has 1 aliphatic carbocycles. The van der Waals surface area contributed by atoms with Gasteiger partial charge in [0.2, 0.25) is 11.8 Å². The maximum Gasteiger partial charge on any atom is 0.393 e. The summed E-state index contributed by atoms with van der Waals surface area (Å²) in [7, 11) is 2.09. The van der Waals surface area contributed by atoms with Crippen LogP contribution in [0.5, 0.6) is 0 Å². The summed E-state index contributed by atoms with van der Waals surface area (Å²) in [5, 5.41) is 5.76. The number of likely N-dealkylation sites (N-methyl/N-ethyl adjacent to an activating group) is 1. The standard InChI is InChI=1S/C36H40F4N6O3/c1-22(29-10-9-28(45-15-13-44(2)14-16-45)18-24(29)6-5-23-3-4-23)42-35(49)32-19-26(36(38,39)40)21-46(32)33(47)20-41-34(48)31-11-7-25-17-27(37)8-12-30(25)43-31/h5-12,17-18,22-23,26,32H,3-4,13-16,19-21H2,1-2H3,(H,41,48)(H,42,49)/b6-5+/t22-,26+,32-/m0/s1. The van der Waals surface area contributed by atoms with Crippen LogP contribution in [0.25, 0.3) is 17.0 Å². The molecule has 2 aliphatic heterocycles.